The number of hydrogen-bond donors (Lipinski definition) is 2. The fourth-order valence-electron chi connectivity index (χ4n) is 2.47. The maximum atomic E-state index is 5.50. The van der Waals surface area contributed by atoms with Crippen molar-refractivity contribution in [2.45, 2.75) is 0 Å². The van der Waals surface area contributed by atoms with Gasteiger partial charge in [-0.2, -0.15) is 0 Å². The average molecular weight is 445 g/mol. The Labute approximate surface area is 187 Å². The first-order valence-electron chi connectivity index (χ1n) is 8.82. The van der Waals surface area contributed by atoms with Crippen molar-refractivity contribution in [3.05, 3.63) is 84.2 Å². The Morgan fingerprint density at radius 1 is 0.714 bits per heavy atom. The molecule has 0 heterocycles. The molecule has 0 unspecified atom stereocenters. The summed E-state index contributed by atoms with van der Waals surface area (Å²) in [7, 11) is 0. The summed E-state index contributed by atoms with van der Waals surface area (Å²) in [5.74, 6) is 0. The second kappa shape index (κ2) is 12.8. The van der Waals surface area contributed by atoms with E-state index < -0.39 is 0 Å². The lowest BCUT2D eigenvalue weighted by atomic mass is 10.1. The number of thiocarbonyl (C=S) groups is 2. The number of rotatable bonds is 9. The Morgan fingerprint density at radius 2 is 1.07 bits per heavy atom. The van der Waals surface area contributed by atoms with Crippen molar-refractivity contribution in [2.24, 2.45) is 0 Å². The molecule has 0 aliphatic rings. The molecule has 0 aliphatic carbocycles. The molecule has 0 radical (unpaired) electrons. The van der Waals surface area contributed by atoms with Gasteiger partial charge in [0.1, 0.15) is 0 Å². The quantitative estimate of drug-likeness (QED) is 0.295. The topological polar surface area (TPSA) is 24.1 Å². The second-order valence-corrected chi connectivity index (χ2v) is 8.71. The van der Waals surface area contributed by atoms with E-state index in [0.717, 1.165) is 43.8 Å². The highest BCUT2D eigenvalue weighted by Gasteiger charge is 2.07. The molecule has 0 aliphatic heterocycles. The van der Waals surface area contributed by atoms with E-state index in [1.54, 1.807) is 23.5 Å². The molecule has 2 aromatic rings. The lowest BCUT2D eigenvalue weighted by Gasteiger charge is -2.11. The first-order chi connectivity index (χ1) is 13.7. The third-order valence-electron chi connectivity index (χ3n) is 3.89. The summed E-state index contributed by atoms with van der Waals surface area (Å²) < 4.78 is 1.76. The Bertz CT molecular complexity index is 759. The van der Waals surface area contributed by atoms with Crippen LogP contribution in [0.2, 0.25) is 0 Å². The predicted octanol–water partition coefficient (Wildman–Crippen LogP) is 5.63. The van der Waals surface area contributed by atoms with Gasteiger partial charge >= 0.3 is 0 Å². The number of hydrogen-bond acceptors (Lipinski definition) is 6. The highest BCUT2D eigenvalue weighted by atomic mass is 32.2. The molecule has 0 aromatic heterocycles. The van der Waals surface area contributed by atoms with Gasteiger partial charge in [0.2, 0.25) is 0 Å². The van der Waals surface area contributed by atoms with Crippen molar-refractivity contribution in [3.8, 4) is 0 Å². The molecule has 0 saturated carbocycles. The first-order valence-corrected chi connectivity index (χ1v) is 12.1. The van der Waals surface area contributed by atoms with Gasteiger partial charge in [-0.05, 0) is 23.6 Å². The van der Waals surface area contributed by atoms with Crippen molar-refractivity contribution in [2.75, 3.05) is 25.6 Å². The number of nitrogens with one attached hydrogen (secondary N) is 2. The van der Waals surface area contributed by atoms with Gasteiger partial charge in [0.15, 0.2) is 0 Å². The second-order valence-electron chi connectivity index (χ2n) is 5.74. The summed E-state index contributed by atoms with van der Waals surface area (Å²) in [5.41, 5.74) is 4.34. The van der Waals surface area contributed by atoms with E-state index in [9.17, 15) is 0 Å². The van der Waals surface area contributed by atoms with Gasteiger partial charge < -0.3 is 10.6 Å². The minimum atomic E-state index is 0.776. The van der Waals surface area contributed by atoms with Crippen molar-refractivity contribution in [1.82, 2.24) is 10.6 Å². The van der Waals surface area contributed by atoms with Gasteiger partial charge in [0.05, 0.1) is 8.39 Å². The van der Waals surface area contributed by atoms with Crippen LogP contribution in [0.5, 0.6) is 0 Å². The molecule has 2 aromatic carbocycles. The molecule has 0 spiro atoms. The molecule has 6 heteroatoms. The van der Waals surface area contributed by atoms with Crippen LogP contribution in [-0.4, -0.2) is 34.0 Å². The summed E-state index contributed by atoms with van der Waals surface area (Å²) in [6.45, 7) is 1.55. The maximum Gasteiger partial charge on any atom is 0.0796 e. The molecular formula is C22H24N2S4. The standard InChI is InChI=1S/C22H24N2S4/c1-27-21(25)19(17-9-5-3-6-10-17)15-23-13-14-24-16-20(22(26)28-2)18-11-7-4-8-12-18/h3-12,15-16,23-24H,13-14H2,1-2H3/b19-15-,20-16-. The highest BCUT2D eigenvalue weighted by molar-refractivity contribution is 8.24. The lowest BCUT2D eigenvalue weighted by Crippen LogP contribution is -2.21. The molecule has 2 nitrogen and oxygen atoms in total. The Kier molecular flexibility index (Phi) is 10.4. The zero-order valence-corrected chi connectivity index (χ0v) is 19.2. The van der Waals surface area contributed by atoms with E-state index in [4.69, 9.17) is 24.4 Å². The van der Waals surface area contributed by atoms with Gasteiger partial charge in [0, 0.05) is 36.6 Å². The van der Waals surface area contributed by atoms with Crippen LogP contribution in [0.15, 0.2) is 73.1 Å². The molecule has 0 atom stereocenters. The van der Waals surface area contributed by atoms with Crippen LogP contribution in [0.3, 0.4) is 0 Å². The number of thioether (sulfide) groups is 2. The zero-order chi connectivity index (χ0) is 20.2. The van der Waals surface area contributed by atoms with Crippen LogP contribution in [0.4, 0.5) is 0 Å². The SMILES string of the molecule is CSC(=S)/C(=C\NCCN/C=C(\C(=S)SC)c1ccccc1)c1ccccc1. The van der Waals surface area contributed by atoms with E-state index in [1.165, 1.54) is 0 Å². The number of benzene rings is 2. The molecule has 28 heavy (non-hydrogen) atoms. The maximum absolute atomic E-state index is 5.50. The summed E-state index contributed by atoms with van der Waals surface area (Å²) in [5, 5.41) is 6.73. The molecule has 0 fully saturated rings. The average Bonchev–Trinajstić information content (AvgIpc) is 2.76. The fourth-order valence-corrected chi connectivity index (χ4v) is 3.62. The summed E-state index contributed by atoms with van der Waals surface area (Å²) in [4.78, 5) is 0. The van der Waals surface area contributed by atoms with Crippen LogP contribution >= 0.6 is 48.0 Å². The summed E-state index contributed by atoms with van der Waals surface area (Å²) in [6, 6.07) is 20.4. The minimum Gasteiger partial charge on any atom is -0.389 e. The minimum absolute atomic E-state index is 0.776. The predicted molar refractivity (Wildman–Crippen MR) is 137 cm³/mol. The van der Waals surface area contributed by atoms with Crippen LogP contribution in [0, 0.1) is 0 Å². The largest absolute Gasteiger partial charge is 0.389 e. The third kappa shape index (κ3) is 7.09. The molecule has 146 valence electrons. The smallest absolute Gasteiger partial charge is 0.0796 e. The zero-order valence-electron chi connectivity index (χ0n) is 16.0. The van der Waals surface area contributed by atoms with Gasteiger partial charge in [-0.3, -0.25) is 0 Å². The monoisotopic (exact) mass is 444 g/mol. The summed E-state index contributed by atoms with van der Waals surface area (Å²) in [6.07, 6.45) is 8.02. The van der Waals surface area contributed by atoms with Gasteiger partial charge in [-0.25, -0.2) is 0 Å². The highest BCUT2D eigenvalue weighted by Crippen LogP contribution is 2.22. The normalized spacial score (nSPS) is 11.8. The molecule has 0 amide bonds. The van der Waals surface area contributed by atoms with Crippen LogP contribution in [0.1, 0.15) is 11.1 Å². The lowest BCUT2D eigenvalue weighted by molar-refractivity contribution is 0.769. The molecule has 0 saturated heterocycles. The molecule has 2 N–H and O–H groups in total. The first kappa shape index (κ1) is 22.7. The molecular weight excluding hydrogens is 421 g/mol. The van der Waals surface area contributed by atoms with Crippen molar-refractivity contribution in [1.29, 1.82) is 0 Å². The van der Waals surface area contributed by atoms with E-state index in [1.807, 2.05) is 61.3 Å². The van der Waals surface area contributed by atoms with Crippen molar-refractivity contribution < 1.29 is 0 Å². The van der Waals surface area contributed by atoms with E-state index in [0.29, 0.717) is 0 Å². The van der Waals surface area contributed by atoms with Crippen molar-refractivity contribution >= 4 is 67.5 Å². The van der Waals surface area contributed by atoms with E-state index in [2.05, 4.69) is 34.9 Å². The van der Waals surface area contributed by atoms with Gasteiger partial charge in [0.25, 0.3) is 0 Å². The van der Waals surface area contributed by atoms with Crippen molar-refractivity contribution in [3.63, 3.8) is 0 Å². The third-order valence-corrected chi connectivity index (χ3v) is 6.51. The van der Waals surface area contributed by atoms with Gasteiger partial charge in [-0.1, -0.05) is 85.1 Å². The molecule has 2 rings (SSSR count). The van der Waals surface area contributed by atoms with Crippen LogP contribution in [-0.2, 0) is 0 Å². The Morgan fingerprint density at radius 3 is 1.39 bits per heavy atom. The van der Waals surface area contributed by atoms with Crippen LogP contribution in [0.25, 0.3) is 11.1 Å². The van der Waals surface area contributed by atoms with Crippen LogP contribution < -0.4 is 10.6 Å². The van der Waals surface area contributed by atoms with Gasteiger partial charge in [-0.15, -0.1) is 23.5 Å². The Hall–Kier alpha value is -1.60. The van der Waals surface area contributed by atoms with E-state index in [-0.39, 0.29) is 0 Å². The fraction of sp³-hybridized carbons (Fsp3) is 0.182. The molecule has 0 bridgehead atoms. The van der Waals surface area contributed by atoms with E-state index >= 15 is 0 Å². The Balaban J connectivity index is 1.96. The summed E-state index contributed by atoms with van der Waals surface area (Å²) >= 11 is 14.2.